The molecule has 0 spiro atoms. The highest BCUT2D eigenvalue weighted by molar-refractivity contribution is 7.86. The van der Waals surface area contributed by atoms with Crippen LogP contribution in [0.2, 0.25) is 0 Å². The normalized spacial score (nSPS) is 35.5. The van der Waals surface area contributed by atoms with E-state index in [4.69, 9.17) is 11.6 Å². The Kier molecular flexibility index (Phi) is 13.4. The van der Waals surface area contributed by atoms with Gasteiger partial charge >= 0.3 is 0 Å². The molecule has 2 N–H and O–H groups in total. The van der Waals surface area contributed by atoms with Gasteiger partial charge in [-0.2, -0.15) is 16.8 Å². The highest BCUT2D eigenvalue weighted by Gasteiger charge is 2.60. The first kappa shape index (κ1) is 43.6. The van der Waals surface area contributed by atoms with Gasteiger partial charge in [0.05, 0.1) is 16.9 Å². The van der Waals surface area contributed by atoms with Crippen LogP contribution in [-0.2, 0) is 20.2 Å². The lowest BCUT2D eigenvalue weighted by molar-refractivity contribution is -0.569. The van der Waals surface area contributed by atoms with Crippen molar-refractivity contribution in [1.82, 2.24) is 4.90 Å². The maximum atomic E-state index is 11.5. The molecule has 0 aromatic rings. The molecule has 5 aliphatic carbocycles. The zero-order valence-corrected chi connectivity index (χ0v) is 37.7. The molecule has 7 rings (SSSR count). The zero-order valence-electron chi connectivity index (χ0n) is 35.3. The van der Waals surface area contributed by atoms with Gasteiger partial charge in [-0.15, -0.1) is 0 Å². The van der Waals surface area contributed by atoms with Gasteiger partial charge in [-0.1, -0.05) is 76.1 Å². The second-order valence-corrected chi connectivity index (χ2v) is 23.8. The summed E-state index contributed by atoms with van der Waals surface area (Å²) in [6.45, 7) is 11.4. The van der Waals surface area contributed by atoms with Crippen LogP contribution in [0.25, 0.3) is 0 Å². The lowest BCUT2D eigenvalue weighted by Gasteiger charge is -2.47. The molecule has 8 unspecified atom stereocenters. The Balaban J connectivity index is 1.17. The fourth-order valence-electron chi connectivity index (χ4n) is 13.9. The van der Waals surface area contributed by atoms with Gasteiger partial charge in [-0.25, -0.2) is 4.58 Å². The second kappa shape index (κ2) is 17.5. The topological polar surface area (TPSA) is 115 Å². The molecule has 0 aromatic heterocycles. The predicted molar refractivity (Wildman–Crippen MR) is 232 cm³/mol. The van der Waals surface area contributed by atoms with E-state index >= 15 is 0 Å². The molecule has 0 amide bonds. The monoisotopic (exact) mass is 847 g/mol. The standard InChI is InChI=1S/C46H71ClN2O6S2/c1-45(2)40(48(28-9-11-30-56(50,51)52)38-24-20-32-14-5-7-18-36(32)42(38)45)26-22-34-16-13-17-35(44(34)47)23-27-41-46(3,4)43-37-19-8-6-15-33(37)21-25-39(43)49(41)29-10-12-31-57(53,54)55/h22-23,26-27,32-33,36-39,42-43H,5-21,24-25,28-31H2,1-4H3,(H-,50,51,52,53,54,55)/p+1. The number of hydrogen-bond acceptors (Lipinski definition) is 5. The van der Waals surface area contributed by atoms with Crippen LogP contribution in [-0.4, -0.2) is 77.8 Å². The van der Waals surface area contributed by atoms with Gasteiger partial charge in [-0.05, 0) is 131 Å². The van der Waals surface area contributed by atoms with E-state index in [1.807, 2.05) is 0 Å². The third kappa shape index (κ3) is 9.40. The van der Waals surface area contributed by atoms with Gasteiger partial charge in [0.25, 0.3) is 20.2 Å². The SMILES string of the molecule is CC1(C)C(/C=C/C2=C(Cl)C(=C/C=C3/N(CCCCS(=O)(=O)O)C4CCC5CCCCC5C4C3(C)C)/CCC2)=[N+](CCCCS(=O)(=O)O)C2CCC3CCCCC3C21. The van der Waals surface area contributed by atoms with Crippen LogP contribution in [0, 0.1) is 46.3 Å². The summed E-state index contributed by atoms with van der Waals surface area (Å²) >= 11 is 7.38. The first-order chi connectivity index (χ1) is 27.0. The smallest absolute Gasteiger partial charge is 0.264 e. The maximum Gasteiger partial charge on any atom is 0.264 e. The first-order valence-corrected chi connectivity index (χ1v) is 26.4. The van der Waals surface area contributed by atoms with Crippen molar-refractivity contribution in [2.45, 2.75) is 162 Å². The molecule has 8 nitrogen and oxygen atoms in total. The number of rotatable bonds is 13. The summed E-state index contributed by atoms with van der Waals surface area (Å²) in [5, 5.41) is 0.857. The van der Waals surface area contributed by atoms with Crippen LogP contribution in [0.4, 0.5) is 0 Å². The molecule has 0 radical (unpaired) electrons. The molecule has 0 aromatic carbocycles. The summed E-state index contributed by atoms with van der Waals surface area (Å²) in [6, 6.07) is 0.918. The Hall–Kier alpha value is -1.46. The predicted octanol–water partition coefficient (Wildman–Crippen LogP) is 10.4. The quantitative estimate of drug-likeness (QED) is 0.108. The summed E-state index contributed by atoms with van der Waals surface area (Å²) in [5.41, 5.74) is 5.04. The Labute approximate surface area is 350 Å². The van der Waals surface area contributed by atoms with Crippen molar-refractivity contribution < 1.29 is 30.5 Å². The zero-order chi connectivity index (χ0) is 40.8. The van der Waals surface area contributed by atoms with E-state index in [1.54, 1.807) is 0 Å². The molecule has 11 heteroatoms. The fraction of sp³-hybridized carbons (Fsp3) is 0.804. The molecule has 1 saturated heterocycles. The average molecular weight is 849 g/mol. The maximum absolute atomic E-state index is 11.5. The molecule has 5 fully saturated rings. The van der Waals surface area contributed by atoms with Crippen molar-refractivity contribution in [2.75, 3.05) is 24.6 Å². The number of halogens is 1. The Morgan fingerprint density at radius 1 is 0.702 bits per heavy atom. The Bertz CT molecular complexity index is 1880. The molecule has 2 heterocycles. The highest BCUT2D eigenvalue weighted by Crippen LogP contribution is 2.60. The lowest BCUT2D eigenvalue weighted by Crippen LogP contribution is -2.46. The number of fused-ring (bicyclic) bond motifs is 6. The largest absolute Gasteiger partial charge is 0.371 e. The molecule has 2 aliphatic heterocycles. The van der Waals surface area contributed by atoms with Crippen molar-refractivity contribution in [3.8, 4) is 0 Å². The first-order valence-electron chi connectivity index (χ1n) is 22.8. The number of nitrogens with zero attached hydrogens (tertiary/aromatic N) is 2. The minimum Gasteiger partial charge on any atom is -0.371 e. The van der Waals surface area contributed by atoms with Gasteiger partial charge < -0.3 is 4.90 Å². The summed E-state index contributed by atoms with van der Waals surface area (Å²) in [7, 11) is -7.95. The second-order valence-electron chi connectivity index (χ2n) is 20.2. The molecular weight excluding hydrogens is 776 g/mol. The number of likely N-dealkylation sites (tertiary alicyclic amines) is 1. The number of allylic oxidation sites excluding steroid dienone is 8. The lowest BCUT2D eigenvalue weighted by atomic mass is 9.57. The van der Waals surface area contributed by atoms with E-state index in [-0.39, 0.29) is 22.3 Å². The summed E-state index contributed by atoms with van der Waals surface area (Å²) < 4.78 is 67.7. The number of hydrogen-bond donors (Lipinski definition) is 2. The molecule has 4 saturated carbocycles. The molecule has 7 aliphatic rings. The van der Waals surface area contributed by atoms with Crippen molar-refractivity contribution in [3.05, 3.63) is 46.2 Å². The van der Waals surface area contributed by atoms with E-state index in [2.05, 4.69) is 61.5 Å². The van der Waals surface area contributed by atoms with E-state index < -0.39 is 20.2 Å². The molecule has 57 heavy (non-hydrogen) atoms. The third-order valence-corrected chi connectivity index (χ3v) is 18.3. The van der Waals surface area contributed by atoms with Gasteiger partial charge in [0.1, 0.15) is 6.54 Å². The van der Waals surface area contributed by atoms with Crippen molar-refractivity contribution in [2.24, 2.45) is 46.3 Å². The summed E-state index contributed by atoms with van der Waals surface area (Å²) in [5.74, 6) is 3.87. The van der Waals surface area contributed by atoms with E-state index in [1.165, 1.54) is 99.6 Å². The van der Waals surface area contributed by atoms with Gasteiger partial charge in [0, 0.05) is 53.6 Å². The molecule has 320 valence electrons. The van der Waals surface area contributed by atoms with Gasteiger partial charge in [0.15, 0.2) is 11.8 Å². The van der Waals surface area contributed by atoms with Crippen molar-refractivity contribution >= 4 is 37.5 Å². The van der Waals surface area contributed by atoms with E-state index in [0.717, 1.165) is 73.9 Å². The summed E-state index contributed by atoms with van der Waals surface area (Å²) in [4.78, 5) is 2.62. The van der Waals surface area contributed by atoms with Crippen LogP contribution in [0.1, 0.15) is 150 Å². The third-order valence-electron chi connectivity index (χ3n) is 16.2. The molecular formula is C46H72ClN2O6S2+. The Morgan fingerprint density at radius 3 is 1.98 bits per heavy atom. The van der Waals surface area contributed by atoms with Crippen LogP contribution < -0.4 is 0 Å². The van der Waals surface area contributed by atoms with Crippen LogP contribution in [0.15, 0.2) is 46.2 Å². The van der Waals surface area contributed by atoms with E-state index in [9.17, 15) is 25.9 Å². The van der Waals surface area contributed by atoms with Gasteiger partial charge in [-0.3, -0.25) is 9.11 Å². The van der Waals surface area contributed by atoms with E-state index in [0.29, 0.717) is 36.8 Å². The van der Waals surface area contributed by atoms with Crippen LogP contribution in [0.3, 0.4) is 0 Å². The minimum atomic E-state index is -3.97. The van der Waals surface area contributed by atoms with Crippen molar-refractivity contribution in [3.63, 3.8) is 0 Å². The summed E-state index contributed by atoms with van der Waals surface area (Å²) in [6.07, 6.45) is 30.2. The van der Waals surface area contributed by atoms with Gasteiger partial charge in [0.2, 0.25) is 0 Å². The average Bonchev–Trinajstić information content (AvgIpc) is 3.51. The minimum absolute atomic E-state index is 0.0112. The van der Waals surface area contributed by atoms with Crippen LogP contribution >= 0.6 is 11.6 Å². The molecule has 8 atom stereocenters. The number of unbranched alkanes of at least 4 members (excludes halogenated alkanes) is 2. The molecule has 0 bridgehead atoms. The van der Waals surface area contributed by atoms with Crippen molar-refractivity contribution in [1.29, 1.82) is 0 Å². The van der Waals surface area contributed by atoms with Crippen LogP contribution in [0.5, 0.6) is 0 Å². The Morgan fingerprint density at radius 2 is 1.32 bits per heavy atom. The highest BCUT2D eigenvalue weighted by atomic mass is 35.5. The fourth-order valence-corrected chi connectivity index (χ4v) is 15.4.